The minimum Gasteiger partial charge on any atom is -0.457 e. The lowest BCUT2D eigenvalue weighted by atomic mass is 10.2. The predicted molar refractivity (Wildman–Crippen MR) is 122 cm³/mol. The van der Waals surface area contributed by atoms with Gasteiger partial charge in [0, 0.05) is 39.5 Å². The van der Waals surface area contributed by atoms with Gasteiger partial charge in [0.2, 0.25) is 11.8 Å². The van der Waals surface area contributed by atoms with Crippen LogP contribution in [-0.4, -0.2) is 11.8 Å². The number of rotatable bonds is 7. The number of amides is 2. The van der Waals surface area contributed by atoms with Gasteiger partial charge < -0.3 is 15.1 Å². The van der Waals surface area contributed by atoms with E-state index >= 15 is 0 Å². The molecule has 0 aliphatic rings. The Balaban J connectivity index is 1.58. The van der Waals surface area contributed by atoms with E-state index in [1.807, 2.05) is 6.92 Å². The molecule has 0 aliphatic heterocycles. The standard InChI is InChI=1S/C23H20Cl2N2O3/c1-2-3-22(28)26-18-4-6-19(7-5-18)27-23(29)11-9-20-8-10-21(30-20)15-12-16(24)14-17(25)13-15/h4-14H,2-3H2,1H3,(H,26,28)(H,27,29)/b11-9+. The average molecular weight is 443 g/mol. The van der Waals surface area contributed by atoms with Gasteiger partial charge in [0.05, 0.1) is 0 Å². The summed E-state index contributed by atoms with van der Waals surface area (Å²) < 4.78 is 5.73. The summed E-state index contributed by atoms with van der Waals surface area (Å²) in [7, 11) is 0. The molecule has 30 heavy (non-hydrogen) atoms. The van der Waals surface area contributed by atoms with E-state index in [1.54, 1.807) is 60.7 Å². The highest BCUT2D eigenvalue weighted by atomic mass is 35.5. The Morgan fingerprint density at radius 2 is 1.57 bits per heavy atom. The lowest BCUT2D eigenvalue weighted by Gasteiger charge is -2.06. The zero-order valence-corrected chi connectivity index (χ0v) is 17.8. The van der Waals surface area contributed by atoms with E-state index < -0.39 is 0 Å². The molecule has 0 radical (unpaired) electrons. The number of anilines is 2. The number of hydrogen-bond donors (Lipinski definition) is 2. The van der Waals surface area contributed by atoms with Gasteiger partial charge in [0.15, 0.2) is 0 Å². The van der Waals surface area contributed by atoms with Gasteiger partial charge in [-0.1, -0.05) is 30.1 Å². The fraction of sp³-hybridized carbons (Fsp3) is 0.130. The third-order valence-electron chi connectivity index (χ3n) is 4.09. The molecule has 3 rings (SSSR count). The summed E-state index contributed by atoms with van der Waals surface area (Å²) >= 11 is 12.0. The second-order valence-electron chi connectivity index (χ2n) is 6.56. The fourth-order valence-corrected chi connectivity index (χ4v) is 3.25. The van der Waals surface area contributed by atoms with Crippen LogP contribution in [0.15, 0.2) is 65.1 Å². The molecule has 0 aliphatic carbocycles. The molecule has 2 amide bonds. The monoisotopic (exact) mass is 442 g/mol. The third kappa shape index (κ3) is 6.24. The Bertz CT molecular complexity index is 1050. The van der Waals surface area contributed by atoms with E-state index in [4.69, 9.17) is 27.6 Å². The summed E-state index contributed by atoms with van der Waals surface area (Å²) in [6, 6.07) is 15.6. The van der Waals surface area contributed by atoms with Crippen LogP contribution in [-0.2, 0) is 9.59 Å². The van der Waals surface area contributed by atoms with Crippen LogP contribution < -0.4 is 10.6 Å². The molecule has 1 heterocycles. The number of carbonyl (C=O) groups excluding carboxylic acids is 2. The maximum atomic E-state index is 12.2. The van der Waals surface area contributed by atoms with Gasteiger partial charge in [-0.2, -0.15) is 0 Å². The molecule has 7 heteroatoms. The molecular weight excluding hydrogens is 423 g/mol. The molecule has 0 atom stereocenters. The molecule has 2 N–H and O–H groups in total. The zero-order chi connectivity index (χ0) is 21.5. The summed E-state index contributed by atoms with van der Waals surface area (Å²) in [5.74, 6) is 0.780. The Morgan fingerprint density at radius 1 is 0.933 bits per heavy atom. The summed E-state index contributed by atoms with van der Waals surface area (Å²) in [5, 5.41) is 6.58. The van der Waals surface area contributed by atoms with Gasteiger partial charge in [-0.25, -0.2) is 0 Å². The SMILES string of the molecule is CCCC(=O)Nc1ccc(NC(=O)/C=C/c2ccc(-c3cc(Cl)cc(Cl)c3)o2)cc1. The number of halogens is 2. The van der Waals surface area contributed by atoms with E-state index in [0.717, 1.165) is 12.0 Å². The van der Waals surface area contributed by atoms with Gasteiger partial charge in [0.1, 0.15) is 11.5 Å². The van der Waals surface area contributed by atoms with Crippen molar-refractivity contribution in [3.8, 4) is 11.3 Å². The number of benzene rings is 2. The molecule has 3 aromatic rings. The maximum Gasteiger partial charge on any atom is 0.248 e. The minimum atomic E-state index is -0.304. The Kier molecular flexibility index (Phi) is 7.33. The van der Waals surface area contributed by atoms with Crippen LogP contribution in [0.25, 0.3) is 17.4 Å². The molecule has 0 fully saturated rings. The third-order valence-corrected chi connectivity index (χ3v) is 4.52. The highest BCUT2D eigenvalue weighted by Crippen LogP contribution is 2.29. The molecular formula is C23H20Cl2N2O3. The molecule has 0 saturated heterocycles. The van der Waals surface area contributed by atoms with Crippen molar-refractivity contribution in [3.63, 3.8) is 0 Å². The number of carbonyl (C=O) groups is 2. The van der Waals surface area contributed by atoms with E-state index in [2.05, 4.69) is 10.6 Å². The maximum absolute atomic E-state index is 12.2. The molecule has 0 bridgehead atoms. The Labute approximate surface area is 184 Å². The van der Waals surface area contributed by atoms with Gasteiger partial charge in [-0.15, -0.1) is 0 Å². The molecule has 5 nitrogen and oxygen atoms in total. The average Bonchev–Trinajstić information content (AvgIpc) is 3.17. The topological polar surface area (TPSA) is 71.3 Å². The molecule has 0 spiro atoms. The second kappa shape index (κ2) is 10.1. The van der Waals surface area contributed by atoms with Crippen molar-refractivity contribution in [1.82, 2.24) is 0 Å². The van der Waals surface area contributed by atoms with Crippen molar-refractivity contribution in [3.05, 3.63) is 76.5 Å². The first kappa shape index (κ1) is 21.7. The zero-order valence-electron chi connectivity index (χ0n) is 16.2. The van der Waals surface area contributed by atoms with E-state index in [1.165, 1.54) is 6.08 Å². The summed E-state index contributed by atoms with van der Waals surface area (Å²) in [5.41, 5.74) is 2.06. The largest absolute Gasteiger partial charge is 0.457 e. The van der Waals surface area contributed by atoms with Crippen molar-refractivity contribution in [2.75, 3.05) is 10.6 Å². The van der Waals surface area contributed by atoms with Gasteiger partial charge in [-0.05, 0) is 67.1 Å². The van der Waals surface area contributed by atoms with Crippen LogP contribution in [0.2, 0.25) is 10.0 Å². The molecule has 0 saturated carbocycles. The van der Waals surface area contributed by atoms with Gasteiger partial charge in [0.25, 0.3) is 0 Å². The first-order valence-corrected chi connectivity index (χ1v) is 10.1. The summed E-state index contributed by atoms with van der Waals surface area (Å²) in [6.07, 6.45) is 4.22. The van der Waals surface area contributed by atoms with Crippen molar-refractivity contribution in [1.29, 1.82) is 0 Å². The number of nitrogens with one attached hydrogen (secondary N) is 2. The lowest BCUT2D eigenvalue weighted by molar-refractivity contribution is -0.116. The van der Waals surface area contributed by atoms with E-state index in [-0.39, 0.29) is 11.8 Å². The molecule has 2 aromatic carbocycles. The van der Waals surface area contributed by atoms with Gasteiger partial charge >= 0.3 is 0 Å². The van der Waals surface area contributed by atoms with Crippen LogP contribution in [0.1, 0.15) is 25.5 Å². The first-order chi connectivity index (χ1) is 14.4. The lowest BCUT2D eigenvalue weighted by Crippen LogP contribution is -2.11. The number of hydrogen-bond acceptors (Lipinski definition) is 3. The van der Waals surface area contributed by atoms with Crippen molar-refractivity contribution >= 4 is 52.5 Å². The van der Waals surface area contributed by atoms with Gasteiger partial charge in [-0.3, -0.25) is 9.59 Å². The minimum absolute atomic E-state index is 0.0323. The van der Waals surface area contributed by atoms with Crippen molar-refractivity contribution < 1.29 is 14.0 Å². The van der Waals surface area contributed by atoms with Crippen LogP contribution in [0.5, 0.6) is 0 Å². The normalized spacial score (nSPS) is 10.9. The molecule has 154 valence electrons. The number of furan rings is 1. The van der Waals surface area contributed by atoms with Crippen molar-refractivity contribution in [2.45, 2.75) is 19.8 Å². The highest BCUT2D eigenvalue weighted by molar-refractivity contribution is 6.35. The summed E-state index contributed by atoms with van der Waals surface area (Å²) in [4.78, 5) is 23.8. The second-order valence-corrected chi connectivity index (χ2v) is 7.43. The fourth-order valence-electron chi connectivity index (χ4n) is 2.72. The molecule has 1 aromatic heterocycles. The van der Waals surface area contributed by atoms with Crippen LogP contribution >= 0.6 is 23.2 Å². The van der Waals surface area contributed by atoms with E-state index in [9.17, 15) is 9.59 Å². The summed E-state index contributed by atoms with van der Waals surface area (Å²) in [6.45, 7) is 1.95. The first-order valence-electron chi connectivity index (χ1n) is 9.38. The van der Waals surface area contributed by atoms with E-state index in [0.29, 0.717) is 39.4 Å². The predicted octanol–water partition coefficient (Wildman–Crippen LogP) is 6.64. The Morgan fingerprint density at radius 3 is 2.20 bits per heavy atom. The van der Waals surface area contributed by atoms with Crippen LogP contribution in [0.3, 0.4) is 0 Å². The van der Waals surface area contributed by atoms with Crippen LogP contribution in [0.4, 0.5) is 11.4 Å². The quantitative estimate of drug-likeness (QED) is 0.402. The Hall–Kier alpha value is -3.02. The highest BCUT2D eigenvalue weighted by Gasteiger charge is 2.07. The van der Waals surface area contributed by atoms with Crippen LogP contribution in [0, 0.1) is 0 Å². The molecule has 0 unspecified atom stereocenters. The van der Waals surface area contributed by atoms with Crippen molar-refractivity contribution in [2.24, 2.45) is 0 Å². The smallest absolute Gasteiger partial charge is 0.248 e.